The molecule has 0 fully saturated rings. The molecule has 1 aliphatic heterocycles. The van der Waals surface area contributed by atoms with Crippen LogP contribution in [-0.2, 0) is 13.0 Å². The van der Waals surface area contributed by atoms with Gasteiger partial charge in [0.15, 0.2) is 0 Å². The van der Waals surface area contributed by atoms with Gasteiger partial charge in [0, 0.05) is 13.1 Å². The lowest BCUT2D eigenvalue weighted by atomic mass is 9.98. The molecule has 3 heteroatoms. The van der Waals surface area contributed by atoms with Crippen LogP contribution in [0.1, 0.15) is 21.5 Å². The number of fused-ring (bicyclic) bond motifs is 2. The number of carbonyl (C=O) groups is 1. The summed E-state index contributed by atoms with van der Waals surface area (Å²) in [6.45, 7) is 1.40. The normalized spacial score (nSPS) is 13.6. The molecule has 0 saturated heterocycles. The fourth-order valence-corrected chi connectivity index (χ4v) is 3.39. The van der Waals surface area contributed by atoms with Crippen molar-refractivity contribution < 1.29 is 9.53 Å². The Balaban J connectivity index is 1.71. The van der Waals surface area contributed by atoms with Crippen LogP contribution in [0.4, 0.5) is 0 Å². The highest BCUT2D eigenvalue weighted by Gasteiger charge is 2.24. The molecule has 3 nitrogen and oxygen atoms in total. The van der Waals surface area contributed by atoms with Gasteiger partial charge in [-0.3, -0.25) is 4.79 Å². The Bertz CT molecular complexity index is 917. The van der Waals surface area contributed by atoms with Crippen molar-refractivity contribution in [3.63, 3.8) is 0 Å². The lowest BCUT2D eigenvalue weighted by Crippen LogP contribution is -2.36. The highest BCUT2D eigenvalue weighted by atomic mass is 16.5. The predicted octanol–water partition coefficient (Wildman–Crippen LogP) is 4.05. The van der Waals surface area contributed by atoms with Crippen molar-refractivity contribution in [2.75, 3.05) is 13.7 Å². The van der Waals surface area contributed by atoms with Crippen molar-refractivity contribution in [3.05, 3.63) is 77.4 Å². The summed E-state index contributed by atoms with van der Waals surface area (Å²) in [5.41, 5.74) is 3.21. The van der Waals surface area contributed by atoms with Gasteiger partial charge in [0.25, 0.3) is 5.91 Å². The van der Waals surface area contributed by atoms with Gasteiger partial charge in [0.2, 0.25) is 0 Å². The maximum Gasteiger partial charge on any atom is 0.257 e. The molecule has 1 aliphatic rings. The van der Waals surface area contributed by atoms with Gasteiger partial charge in [0.1, 0.15) is 5.75 Å². The minimum absolute atomic E-state index is 0.0344. The smallest absolute Gasteiger partial charge is 0.257 e. The van der Waals surface area contributed by atoms with E-state index in [2.05, 4.69) is 18.2 Å². The Morgan fingerprint density at radius 2 is 1.62 bits per heavy atom. The molecule has 0 bridgehead atoms. The average Bonchev–Trinajstić information content (AvgIpc) is 2.66. The lowest BCUT2D eigenvalue weighted by molar-refractivity contribution is 0.0731. The largest absolute Gasteiger partial charge is 0.496 e. The molecule has 0 atom stereocenters. The van der Waals surface area contributed by atoms with E-state index in [4.69, 9.17) is 4.74 Å². The lowest BCUT2D eigenvalue weighted by Gasteiger charge is -2.29. The number of benzene rings is 3. The molecule has 120 valence electrons. The Kier molecular flexibility index (Phi) is 3.69. The summed E-state index contributed by atoms with van der Waals surface area (Å²) in [5.74, 6) is 0.671. The maximum absolute atomic E-state index is 13.1. The molecule has 4 rings (SSSR count). The standard InChI is InChI=1S/C21H19NO2/c1-24-20-13-17-8-4-3-7-16(17)12-19(20)21(23)22-11-10-15-6-2-5-9-18(15)14-22/h2-9,12-13H,10-11,14H2,1H3. The van der Waals surface area contributed by atoms with Crippen molar-refractivity contribution in [2.45, 2.75) is 13.0 Å². The first-order valence-corrected chi connectivity index (χ1v) is 8.19. The molecule has 24 heavy (non-hydrogen) atoms. The molecule has 3 aromatic carbocycles. The molecule has 3 aromatic rings. The first-order valence-electron chi connectivity index (χ1n) is 8.19. The van der Waals surface area contributed by atoms with Gasteiger partial charge < -0.3 is 9.64 Å². The summed E-state index contributed by atoms with van der Waals surface area (Å²) in [6, 6.07) is 20.3. The van der Waals surface area contributed by atoms with E-state index in [9.17, 15) is 4.79 Å². The SMILES string of the molecule is COc1cc2ccccc2cc1C(=O)N1CCc2ccccc2C1. The second-order valence-corrected chi connectivity index (χ2v) is 6.15. The number of methoxy groups -OCH3 is 1. The summed E-state index contributed by atoms with van der Waals surface area (Å²) < 4.78 is 5.49. The monoisotopic (exact) mass is 317 g/mol. The molecule has 1 heterocycles. The summed E-state index contributed by atoms with van der Waals surface area (Å²) in [4.78, 5) is 15.0. The first kappa shape index (κ1) is 14.8. The molecular weight excluding hydrogens is 298 g/mol. The van der Waals surface area contributed by atoms with Crippen LogP contribution in [-0.4, -0.2) is 24.5 Å². The van der Waals surface area contributed by atoms with Crippen LogP contribution in [0.25, 0.3) is 10.8 Å². The third-order valence-corrected chi connectivity index (χ3v) is 4.72. The number of hydrogen-bond donors (Lipinski definition) is 0. The van der Waals surface area contributed by atoms with Gasteiger partial charge in [0.05, 0.1) is 12.7 Å². The van der Waals surface area contributed by atoms with Gasteiger partial charge in [-0.15, -0.1) is 0 Å². The molecule has 0 radical (unpaired) electrons. The van der Waals surface area contributed by atoms with Crippen LogP contribution in [0.5, 0.6) is 5.75 Å². The highest BCUT2D eigenvalue weighted by Crippen LogP contribution is 2.29. The van der Waals surface area contributed by atoms with Gasteiger partial charge in [-0.2, -0.15) is 0 Å². The molecule has 0 saturated carbocycles. The molecular formula is C21H19NO2. The van der Waals surface area contributed by atoms with Crippen molar-refractivity contribution in [1.29, 1.82) is 0 Å². The van der Waals surface area contributed by atoms with E-state index in [1.165, 1.54) is 11.1 Å². The van der Waals surface area contributed by atoms with Crippen LogP contribution in [0.2, 0.25) is 0 Å². The number of carbonyl (C=O) groups excluding carboxylic acids is 1. The number of nitrogens with zero attached hydrogens (tertiary/aromatic N) is 1. The minimum atomic E-state index is 0.0344. The number of hydrogen-bond acceptors (Lipinski definition) is 2. The van der Waals surface area contributed by atoms with Gasteiger partial charge >= 0.3 is 0 Å². The molecule has 0 spiro atoms. The van der Waals surface area contributed by atoms with Crippen molar-refractivity contribution in [2.24, 2.45) is 0 Å². The third-order valence-electron chi connectivity index (χ3n) is 4.72. The molecule has 0 N–H and O–H groups in total. The second kappa shape index (κ2) is 6.00. The van der Waals surface area contributed by atoms with Crippen molar-refractivity contribution in [3.8, 4) is 5.75 Å². The van der Waals surface area contributed by atoms with Crippen LogP contribution < -0.4 is 4.74 Å². The number of ether oxygens (including phenoxy) is 1. The van der Waals surface area contributed by atoms with Gasteiger partial charge in [-0.05, 0) is 40.5 Å². The van der Waals surface area contributed by atoms with Crippen LogP contribution >= 0.6 is 0 Å². The number of amides is 1. The average molecular weight is 317 g/mol. The van der Waals surface area contributed by atoms with Gasteiger partial charge in [-0.25, -0.2) is 0 Å². The predicted molar refractivity (Wildman–Crippen MR) is 95.4 cm³/mol. The van der Waals surface area contributed by atoms with E-state index < -0.39 is 0 Å². The van der Waals surface area contributed by atoms with E-state index in [0.717, 1.165) is 23.7 Å². The Morgan fingerprint density at radius 3 is 2.38 bits per heavy atom. The zero-order chi connectivity index (χ0) is 16.5. The van der Waals surface area contributed by atoms with Crippen molar-refractivity contribution in [1.82, 2.24) is 4.90 Å². The fraction of sp³-hybridized carbons (Fsp3) is 0.190. The summed E-state index contributed by atoms with van der Waals surface area (Å²) in [5, 5.41) is 2.13. The van der Waals surface area contributed by atoms with E-state index in [1.807, 2.05) is 47.4 Å². The zero-order valence-electron chi connectivity index (χ0n) is 13.7. The number of rotatable bonds is 2. The Labute approximate surface area is 141 Å². The fourth-order valence-electron chi connectivity index (χ4n) is 3.39. The van der Waals surface area contributed by atoms with E-state index in [0.29, 0.717) is 17.9 Å². The Hall–Kier alpha value is -2.81. The highest BCUT2D eigenvalue weighted by molar-refractivity contribution is 6.01. The first-order chi connectivity index (χ1) is 11.8. The van der Waals surface area contributed by atoms with Crippen LogP contribution in [0.15, 0.2) is 60.7 Å². The molecule has 1 amide bonds. The molecule has 0 unspecified atom stereocenters. The topological polar surface area (TPSA) is 29.5 Å². The zero-order valence-corrected chi connectivity index (χ0v) is 13.7. The van der Waals surface area contributed by atoms with E-state index >= 15 is 0 Å². The van der Waals surface area contributed by atoms with E-state index in [1.54, 1.807) is 7.11 Å². The summed E-state index contributed by atoms with van der Waals surface area (Å²) in [6.07, 6.45) is 0.901. The second-order valence-electron chi connectivity index (χ2n) is 6.15. The molecule has 0 aliphatic carbocycles. The maximum atomic E-state index is 13.1. The molecule has 0 aromatic heterocycles. The Morgan fingerprint density at radius 1 is 0.958 bits per heavy atom. The van der Waals surface area contributed by atoms with Crippen LogP contribution in [0.3, 0.4) is 0 Å². The summed E-state index contributed by atoms with van der Waals surface area (Å²) >= 11 is 0. The van der Waals surface area contributed by atoms with Crippen molar-refractivity contribution >= 4 is 16.7 Å². The third kappa shape index (κ3) is 2.52. The quantitative estimate of drug-likeness (QED) is 0.714. The van der Waals surface area contributed by atoms with E-state index in [-0.39, 0.29) is 5.91 Å². The van der Waals surface area contributed by atoms with Crippen LogP contribution in [0, 0.1) is 0 Å². The summed E-state index contributed by atoms with van der Waals surface area (Å²) in [7, 11) is 1.62. The minimum Gasteiger partial charge on any atom is -0.496 e. The van der Waals surface area contributed by atoms with Gasteiger partial charge in [-0.1, -0.05) is 48.5 Å².